The first-order chi connectivity index (χ1) is 17.5. The van der Waals surface area contributed by atoms with Crippen molar-refractivity contribution in [3.05, 3.63) is 102 Å². The van der Waals surface area contributed by atoms with Gasteiger partial charge in [0.25, 0.3) is 11.8 Å². The lowest BCUT2D eigenvalue weighted by atomic mass is 10.2. The molecule has 10 heteroatoms. The normalized spacial score (nSPS) is 11.1. The quantitative estimate of drug-likeness (QED) is 0.223. The van der Waals surface area contributed by atoms with E-state index in [0.29, 0.717) is 28.6 Å². The minimum Gasteiger partial charge on any atom is -0.465 e. The van der Waals surface area contributed by atoms with E-state index in [1.54, 1.807) is 73.7 Å². The van der Waals surface area contributed by atoms with Gasteiger partial charge in [0.05, 0.1) is 12.0 Å². The highest BCUT2D eigenvalue weighted by Gasteiger charge is 2.16. The van der Waals surface area contributed by atoms with Crippen molar-refractivity contribution in [2.45, 2.75) is 11.8 Å². The molecule has 2 aromatic carbocycles. The summed E-state index contributed by atoms with van der Waals surface area (Å²) in [6.07, 6.45) is 2.92. The fourth-order valence-corrected chi connectivity index (χ4v) is 3.83. The van der Waals surface area contributed by atoms with Crippen LogP contribution >= 0.6 is 11.8 Å². The second kappa shape index (κ2) is 11.7. The SMILES string of the molecule is Cc1cc(NC(=O)CSc2cccc(NC(=O)/C(=C/c3ccco3)NC(=O)c3ccccc3)c2)no1. The van der Waals surface area contributed by atoms with Crippen LogP contribution in [0.15, 0.2) is 98.6 Å². The highest BCUT2D eigenvalue weighted by Crippen LogP contribution is 2.22. The Morgan fingerprint density at radius 2 is 1.81 bits per heavy atom. The first-order valence-electron chi connectivity index (χ1n) is 10.9. The number of carbonyl (C=O) groups excluding carboxylic acids is 3. The van der Waals surface area contributed by atoms with Crippen molar-refractivity contribution in [3.8, 4) is 0 Å². The Morgan fingerprint density at radius 1 is 0.972 bits per heavy atom. The fraction of sp³-hybridized carbons (Fsp3) is 0.0769. The van der Waals surface area contributed by atoms with E-state index in [0.717, 1.165) is 4.90 Å². The molecule has 0 spiro atoms. The molecule has 0 aliphatic carbocycles. The lowest BCUT2D eigenvalue weighted by Gasteiger charge is -2.11. The number of anilines is 2. The summed E-state index contributed by atoms with van der Waals surface area (Å²) in [6.45, 7) is 1.74. The van der Waals surface area contributed by atoms with Crippen molar-refractivity contribution in [3.63, 3.8) is 0 Å². The van der Waals surface area contributed by atoms with E-state index in [1.165, 1.54) is 24.1 Å². The molecule has 36 heavy (non-hydrogen) atoms. The summed E-state index contributed by atoms with van der Waals surface area (Å²) in [6, 6.07) is 20.6. The van der Waals surface area contributed by atoms with Crippen molar-refractivity contribution in [2.75, 3.05) is 16.4 Å². The fourth-order valence-electron chi connectivity index (χ4n) is 3.07. The smallest absolute Gasteiger partial charge is 0.272 e. The minimum absolute atomic E-state index is 0.0131. The maximum Gasteiger partial charge on any atom is 0.272 e. The van der Waals surface area contributed by atoms with Crippen LogP contribution in [0.4, 0.5) is 11.5 Å². The van der Waals surface area contributed by atoms with Gasteiger partial charge in [0.2, 0.25) is 5.91 Å². The van der Waals surface area contributed by atoms with Crippen LogP contribution in [0, 0.1) is 6.92 Å². The summed E-state index contributed by atoms with van der Waals surface area (Å²) in [7, 11) is 0. The second-order valence-electron chi connectivity index (χ2n) is 7.54. The maximum absolute atomic E-state index is 13.1. The molecule has 0 saturated carbocycles. The van der Waals surface area contributed by atoms with Gasteiger partial charge in [-0.3, -0.25) is 14.4 Å². The monoisotopic (exact) mass is 502 g/mol. The van der Waals surface area contributed by atoms with Gasteiger partial charge >= 0.3 is 0 Å². The first kappa shape index (κ1) is 24.6. The van der Waals surface area contributed by atoms with Crippen molar-refractivity contribution in [1.29, 1.82) is 0 Å². The van der Waals surface area contributed by atoms with Gasteiger partial charge in [-0.2, -0.15) is 0 Å². The summed E-state index contributed by atoms with van der Waals surface area (Å²) < 4.78 is 10.2. The molecule has 0 atom stereocenters. The molecule has 0 bridgehead atoms. The highest BCUT2D eigenvalue weighted by atomic mass is 32.2. The summed E-state index contributed by atoms with van der Waals surface area (Å²) in [4.78, 5) is 38.7. The summed E-state index contributed by atoms with van der Waals surface area (Å²) in [5, 5.41) is 11.8. The van der Waals surface area contributed by atoms with Crippen LogP contribution in [-0.4, -0.2) is 28.6 Å². The molecular formula is C26H22N4O5S. The van der Waals surface area contributed by atoms with E-state index in [1.807, 2.05) is 6.07 Å². The van der Waals surface area contributed by atoms with E-state index in [4.69, 9.17) is 8.94 Å². The number of hydrogen-bond acceptors (Lipinski definition) is 7. The van der Waals surface area contributed by atoms with Crippen LogP contribution in [0.5, 0.6) is 0 Å². The first-order valence-corrected chi connectivity index (χ1v) is 11.8. The van der Waals surface area contributed by atoms with Gasteiger partial charge in [0.15, 0.2) is 5.82 Å². The minimum atomic E-state index is -0.531. The van der Waals surface area contributed by atoms with Crippen molar-refractivity contribution < 1.29 is 23.3 Å². The molecule has 0 fully saturated rings. The van der Waals surface area contributed by atoms with Crippen molar-refractivity contribution >= 4 is 47.1 Å². The molecule has 4 rings (SSSR count). The Kier molecular flexibility index (Phi) is 7.99. The average molecular weight is 503 g/mol. The van der Waals surface area contributed by atoms with Crippen LogP contribution < -0.4 is 16.0 Å². The van der Waals surface area contributed by atoms with Gasteiger partial charge in [0, 0.05) is 28.3 Å². The Labute approximate surface area is 210 Å². The molecule has 4 aromatic rings. The molecule has 2 heterocycles. The Bertz CT molecular complexity index is 1380. The molecule has 182 valence electrons. The number of furan rings is 1. The van der Waals surface area contributed by atoms with Gasteiger partial charge in [-0.15, -0.1) is 11.8 Å². The lowest BCUT2D eigenvalue weighted by molar-refractivity contribution is -0.114. The molecule has 0 unspecified atom stereocenters. The zero-order valence-corrected chi connectivity index (χ0v) is 20.0. The molecular weight excluding hydrogens is 480 g/mol. The van der Waals surface area contributed by atoms with Crippen molar-refractivity contribution in [1.82, 2.24) is 10.5 Å². The molecule has 9 nitrogen and oxygen atoms in total. The van der Waals surface area contributed by atoms with E-state index in [-0.39, 0.29) is 17.4 Å². The van der Waals surface area contributed by atoms with Gasteiger partial charge in [-0.1, -0.05) is 29.4 Å². The molecule has 0 aliphatic rings. The number of aryl methyl sites for hydroxylation is 1. The number of nitrogens with zero attached hydrogens (tertiary/aromatic N) is 1. The van der Waals surface area contributed by atoms with Gasteiger partial charge in [0.1, 0.15) is 17.2 Å². The predicted octanol–water partition coefficient (Wildman–Crippen LogP) is 4.72. The number of benzene rings is 2. The summed E-state index contributed by atoms with van der Waals surface area (Å²) in [5.74, 6) is 0.300. The number of hydrogen-bond donors (Lipinski definition) is 3. The van der Waals surface area contributed by atoms with Gasteiger partial charge in [-0.25, -0.2) is 0 Å². The number of aromatic nitrogens is 1. The van der Waals surface area contributed by atoms with Crippen LogP contribution in [-0.2, 0) is 9.59 Å². The van der Waals surface area contributed by atoms with E-state index in [9.17, 15) is 14.4 Å². The standard InChI is InChI=1S/C26H22N4O5S/c1-17-13-23(30-35-17)29-24(31)16-36-21-11-5-9-19(14-21)27-26(33)22(15-20-10-6-12-34-20)28-25(32)18-7-3-2-4-8-18/h2-15H,16H2,1H3,(H,27,33)(H,28,32)(H,29,30,31)/b22-15-. The van der Waals surface area contributed by atoms with Crippen LogP contribution in [0.25, 0.3) is 6.08 Å². The number of thioether (sulfide) groups is 1. The highest BCUT2D eigenvalue weighted by molar-refractivity contribution is 8.00. The maximum atomic E-state index is 13.1. The Hall–Kier alpha value is -4.57. The predicted molar refractivity (Wildman–Crippen MR) is 136 cm³/mol. The average Bonchev–Trinajstić information content (AvgIpc) is 3.54. The van der Waals surface area contributed by atoms with E-state index in [2.05, 4.69) is 21.1 Å². The molecule has 2 aromatic heterocycles. The Morgan fingerprint density at radius 3 is 2.53 bits per heavy atom. The molecule has 0 saturated heterocycles. The van der Waals surface area contributed by atoms with E-state index < -0.39 is 11.8 Å². The number of carbonyl (C=O) groups is 3. The summed E-state index contributed by atoms with van der Waals surface area (Å²) >= 11 is 1.29. The molecule has 3 N–H and O–H groups in total. The largest absolute Gasteiger partial charge is 0.465 e. The topological polar surface area (TPSA) is 126 Å². The molecule has 0 radical (unpaired) electrons. The number of amides is 3. The van der Waals surface area contributed by atoms with Gasteiger partial charge in [-0.05, 0) is 49.4 Å². The Balaban J connectivity index is 1.41. The molecule has 0 aliphatic heterocycles. The third-order valence-corrected chi connectivity index (χ3v) is 5.71. The molecule has 3 amide bonds. The van der Waals surface area contributed by atoms with E-state index >= 15 is 0 Å². The second-order valence-corrected chi connectivity index (χ2v) is 8.58. The number of nitrogens with one attached hydrogen (secondary N) is 3. The zero-order valence-electron chi connectivity index (χ0n) is 19.2. The third-order valence-electron chi connectivity index (χ3n) is 4.72. The lowest BCUT2D eigenvalue weighted by Crippen LogP contribution is -2.30. The van der Waals surface area contributed by atoms with Crippen LogP contribution in [0.3, 0.4) is 0 Å². The zero-order chi connectivity index (χ0) is 25.3. The summed E-state index contributed by atoms with van der Waals surface area (Å²) in [5.41, 5.74) is 0.920. The van der Waals surface area contributed by atoms with Gasteiger partial charge < -0.3 is 24.9 Å². The van der Waals surface area contributed by atoms with Crippen LogP contribution in [0.1, 0.15) is 21.9 Å². The third kappa shape index (κ3) is 6.97. The number of rotatable bonds is 9. The van der Waals surface area contributed by atoms with Crippen molar-refractivity contribution in [2.24, 2.45) is 0 Å². The van der Waals surface area contributed by atoms with Crippen LogP contribution in [0.2, 0.25) is 0 Å².